The maximum Gasteiger partial charge on any atom is 0.464 e. The standard InChI is InChI=1S/C11F22O6S/c12-1(34)2(13,5(16,17)18)37-8(25,26)3(14,6(19,20)21)38-9(27,28)4(15,7(22,23)24)39-10(29,30)11(31,32)40(33,35)36/t2-,3-,4+/m0/s1. The monoisotopic (exact) mass is 678 g/mol. The molecule has 0 N–H and O–H groups in total. The summed E-state index contributed by atoms with van der Waals surface area (Å²) in [6.07, 6.45) is -49.9. The van der Waals surface area contributed by atoms with Gasteiger partial charge >= 0.3 is 75.9 Å². The zero-order valence-corrected chi connectivity index (χ0v) is 17.5. The number of hydrogen-bond acceptors (Lipinski definition) is 6. The molecule has 0 unspecified atom stereocenters. The topological polar surface area (TPSA) is 78.9 Å². The Labute approximate surface area is 200 Å². The highest BCUT2D eigenvalue weighted by molar-refractivity contribution is 7.87. The highest BCUT2D eigenvalue weighted by Crippen LogP contribution is 2.58. The molecule has 40 heavy (non-hydrogen) atoms. The van der Waals surface area contributed by atoms with Crippen LogP contribution in [0, 0.1) is 0 Å². The van der Waals surface area contributed by atoms with Crippen molar-refractivity contribution in [3.63, 3.8) is 0 Å². The van der Waals surface area contributed by atoms with Gasteiger partial charge in [-0.15, -0.1) is 0 Å². The Hall–Kier alpha value is -2.04. The van der Waals surface area contributed by atoms with Crippen LogP contribution in [0.5, 0.6) is 0 Å². The molecule has 0 saturated carbocycles. The minimum Gasteiger partial charge on any atom is -0.263 e. The summed E-state index contributed by atoms with van der Waals surface area (Å²) in [6, 6.07) is -5.01. The van der Waals surface area contributed by atoms with Crippen molar-refractivity contribution in [2.24, 2.45) is 0 Å². The lowest BCUT2D eigenvalue weighted by Crippen LogP contribution is -2.70. The number of rotatable bonds is 11. The van der Waals surface area contributed by atoms with Crippen molar-refractivity contribution in [1.29, 1.82) is 0 Å². The summed E-state index contributed by atoms with van der Waals surface area (Å²) in [4.78, 5) is 10.00. The van der Waals surface area contributed by atoms with E-state index >= 15 is 0 Å². The van der Waals surface area contributed by atoms with E-state index in [1.54, 1.807) is 0 Å². The number of ether oxygens (including phenoxy) is 3. The van der Waals surface area contributed by atoms with Crippen LogP contribution in [-0.2, 0) is 29.2 Å². The third kappa shape index (κ3) is 6.09. The molecule has 0 aliphatic heterocycles. The van der Waals surface area contributed by atoms with Gasteiger partial charge in [-0.1, -0.05) is 3.89 Å². The Morgan fingerprint density at radius 2 is 0.750 bits per heavy atom. The van der Waals surface area contributed by atoms with E-state index in [0.29, 0.717) is 0 Å². The fraction of sp³-hybridized carbons (Fsp3) is 0.909. The number of halogens is 22. The Balaban J connectivity index is 7.29. The molecule has 0 aromatic carbocycles. The highest BCUT2D eigenvalue weighted by atomic mass is 32.3. The molecule has 0 spiro atoms. The van der Waals surface area contributed by atoms with Crippen molar-refractivity contribution in [1.82, 2.24) is 0 Å². The molecule has 29 heteroatoms. The van der Waals surface area contributed by atoms with Crippen molar-refractivity contribution in [3.05, 3.63) is 0 Å². The van der Waals surface area contributed by atoms with Crippen LogP contribution < -0.4 is 0 Å². The van der Waals surface area contributed by atoms with Gasteiger partial charge in [0, 0.05) is 0 Å². The smallest absolute Gasteiger partial charge is 0.263 e. The first-order valence-electron chi connectivity index (χ1n) is 7.84. The van der Waals surface area contributed by atoms with Gasteiger partial charge in [0.1, 0.15) is 0 Å². The maximum absolute atomic E-state index is 14.0. The van der Waals surface area contributed by atoms with E-state index in [9.17, 15) is 109 Å². The average molecular weight is 678 g/mol. The minimum absolute atomic E-state index is 1.02. The second kappa shape index (κ2) is 9.76. The first-order chi connectivity index (χ1) is 16.8. The van der Waals surface area contributed by atoms with Crippen molar-refractivity contribution in [3.8, 4) is 0 Å². The normalized spacial score (nSPS) is 19.9. The van der Waals surface area contributed by atoms with Gasteiger partial charge < -0.3 is 0 Å². The van der Waals surface area contributed by atoms with Gasteiger partial charge in [-0.05, 0) is 0 Å². The fourth-order valence-electron chi connectivity index (χ4n) is 1.64. The van der Waals surface area contributed by atoms with Crippen LogP contribution in [0.3, 0.4) is 0 Å². The van der Waals surface area contributed by atoms with Gasteiger partial charge in [0.25, 0.3) is 0 Å². The zero-order chi connectivity index (χ0) is 33.2. The third-order valence-corrected chi connectivity index (χ3v) is 4.40. The van der Waals surface area contributed by atoms with Crippen LogP contribution >= 0.6 is 0 Å². The largest absolute Gasteiger partial charge is 0.464 e. The molecule has 6 nitrogen and oxygen atoms in total. The summed E-state index contributed by atoms with van der Waals surface area (Å²) in [5, 5.41) is -7.93. The van der Waals surface area contributed by atoms with Crippen molar-refractivity contribution >= 4 is 16.3 Å². The number of hydrogen-bond donors (Lipinski definition) is 0. The van der Waals surface area contributed by atoms with Crippen LogP contribution in [0.15, 0.2) is 0 Å². The van der Waals surface area contributed by atoms with Crippen LogP contribution in [-0.4, -0.2) is 74.1 Å². The van der Waals surface area contributed by atoms with E-state index in [2.05, 4.69) is 0 Å². The Kier molecular flexibility index (Phi) is 9.27. The first kappa shape index (κ1) is 38.0. The molecule has 3 atom stereocenters. The van der Waals surface area contributed by atoms with E-state index in [1.807, 2.05) is 0 Å². The number of alkyl halides is 20. The first-order valence-corrected chi connectivity index (χ1v) is 9.22. The van der Waals surface area contributed by atoms with Crippen LogP contribution in [0.2, 0.25) is 0 Å². The second-order valence-corrected chi connectivity index (χ2v) is 7.75. The summed E-state index contributed by atoms with van der Waals surface area (Å²) < 4.78 is 309. The molecule has 0 fully saturated rings. The molecular formula is C11F22O6S. The van der Waals surface area contributed by atoms with Gasteiger partial charge in [0.05, 0.1) is 0 Å². The van der Waals surface area contributed by atoms with E-state index in [1.165, 1.54) is 4.74 Å². The van der Waals surface area contributed by atoms with E-state index in [-0.39, 0.29) is 0 Å². The zero-order valence-electron chi connectivity index (χ0n) is 16.7. The van der Waals surface area contributed by atoms with Crippen LogP contribution in [0.4, 0.5) is 96.1 Å². The van der Waals surface area contributed by atoms with Crippen molar-refractivity contribution in [2.45, 2.75) is 59.7 Å². The Morgan fingerprint density at radius 1 is 0.475 bits per heavy atom. The molecular weight excluding hydrogens is 678 g/mol. The molecule has 0 heterocycles. The van der Waals surface area contributed by atoms with Gasteiger partial charge in [-0.3, -0.25) is 19.0 Å². The lowest BCUT2D eigenvalue weighted by molar-refractivity contribution is -0.571. The minimum atomic E-state index is -8.75. The van der Waals surface area contributed by atoms with Crippen molar-refractivity contribution in [2.75, 3.05) is 0 Å². The van der Waals surface area contributed by atoms with Gasteiger partial charge in [0.2, 0.25) is 0 Å². The van der Waals surface area contributed by atoms with E-state index in [4.69, 9.17) is 0 Å². The lowest BCUT2D eigenvalue weighted by Gasteiger charge is -2.42. The number of carbonyl (C=O) groups excluding carboxylic acids is 1. The predicted octanol–water partition coefficient (Wildman–Crippen LogP) is 5.89. The molecule has 0 bridgehead atoms. The van der Waals surface area contributed by atoms with Gasteiger partial charge in [0.15, 0.2) is 0 Å². The quantitative estimate of drug-likeness (QED) is 0.201. The molecule has 0 aliphatic rings. The maximum atomic E-state index is 14.0. The second-order valence-electron chi connectivity index (χ2n) is 6.36. The summed E-state index contributed by atoms with van der Waals surface area (Å²) in [6.45, 7) is 0. The summed E-state index contributed by atoms with van der Waals surface area (Å²) in [5.41, 5.74) is 0. The highest BCUT2D eigenvalue weighted by Gasteiger charge is 2.88. The summed E-state index contributed by atoms with van der Waals surface area (Å²) in [7, 11) is -8.39. The molecule has 0 amide bonds. The van der Waals surface area contributed by atoms with Gasteiger partial charge in [-0.25, -0.2) is 0 Å². The van der Waals surface area contributed by atoms with Crippen LogP contribution in [0.1, 0.15) is 0 Å². The molecule has 0 aliphatic carbocycles. The third-order valence-electron chi connectivity index (χ3n) is 3.55. The van der Waals surface area contributed by atoms with Gasteiger partial charge in [-0.2, -0.15) is 101 Å². The SMILES string of the molecule is O=C(F)[C@](F)(OC(F)(F)[C@@](F)(OC(F)(F)[C@](F)(OC(F)(F)C(F)(F)S(=O)(=O)F)C(F)(F)F)C(F)(F)F)C(F)(F)F. The molecule has 0 aromatic heterocycles. The molecule has 0 radical (unpaired) electrons. The molecule has 0 rings (SSSR count). The van der Waals surface area contributed by atoms with E-state index in [0.717, 1.165) is 9.47 Å². The summed E-state index contributed by atoms with van der Waals surface area (Å²) >= 11 is 0. The lowest BCUT2D eigenvalue weighted by atomic mass is 10.2. The van der Waals surface area contributed by atoms with E-state index < -0.39 is 75.9 Å². The Morgan fingerprint density at radius 3 is 0.975 bits per heavy atom. The predicted molar refractivity (Wildman–Crippen MR) is 68.9 cm³/mol. The van der Waals surface area contributed by atoms with Crippen LogP contribution in [0.25, 0.3) is 0 Å². The molecule has 240 valence electrons. The summed E-state index contributed by atoms with van der Waals surface area (Å²) in [5.74, 6) is -24.9. The molecule has 0 saturated heterocycles. The molecule has 0 aromatic rings. The fourth-order valence-corrected chi connectivity index (χ4v) is 1.96. The number of carbonyl (C=O) groups is 1. The van der Waals surface area contributed by atoms with Crippen molar-refractivity contribution < 1.29 is 124 Å². The average Bonchev–Trinajstić information content (AvgIpc) is 2.62. The Bertz CT molecular complexity index is 1060.